The van der Waals surface area contributed by atoms with Crippen molar-refractivity contribution in [1.82, 2.24) is 25.3 Å². The largest absolute Gasteiger partial charge is 0.370 e. The molecule has 8 heteroatoms. The van der Waals surface area contributed by atoms with Gasteiger partial charge in [-0.05, 0) is 37.7 Å². The van der Waals surface area contributed by atoms with Gasteiger partial charge in [-0.1, -0.05) is 12.1 Å². The number of rotatable bonds is 4. The number of amides is 2. The van der Waals surface area contributed by atoms with Gasteiger partial charge in [0.2, 0.25) is 11.8 Å². The Labute approximate surface area is 188 Å². The number of aryl methyl sites for hydroxylation is 1. The summed E-state index contributed by atoms with van der Waals surface area (Å²) in [5, 5.41) is 11.9. The Kier molecular flexibility index (Phi) is 4.95. The van der Waals surface area contributed by atoms with Crippen molar-refractivity contribution >= 4 is 28.4 Å². The van der Waals surface area contributed by atoms with Crippen LogP contribution in [-0.4, -0.2) is 71.3 Å². The van der Waals surface area contributed by atoms with Crippen LogP contribution in [0.15, 0.2) is 18.2 Å². The molecule has 3 atom stereocenters. The zero-order valence-corrected chi connectivity index (χ0v) is 18.7. The molecule has 7 rings (SSSR count). The number of anilines is 1. The quantitative estimate of drug-likeness (QED) is 0.705. The van der Waals surface area contributed by atoms with Crippen molar-refractivity contribution in [2.45, 2.75) is 50.1 Å². The lowest BCUT2D eigenvalue weighted by atomic mass is 9.89. The fraction of sp³-hybridized carbons (Fsp3) is 0.625. The van der Waals surface area contributed by atoms with E-state index >= 15 is 0 Å². The minimum atomic E-state index is -0.359. The van der Waals surface area contributed by atoms with Crippen molar-refractivity contribution in [2.24, 2.45) is 13.0 Å². The molecule has 32 heavy (non-hydrogen) atoms. The summed E-state index contributed by atoms with van der Waals surface area (Å²) < 4.78 is 1.92. The third kappa shape index (κ3) is 3.49. The summed E-state index contributed by atoms with van der Waals surface area (Å²) in [5.74, 6) is 0.00191. The van der Waals surface area contributed by atoms with Gasteiger partial charge in [-0.3, -0.25) is 24.5 Å². The second-order valence-electron chi connectivity index (χ2n) is 10.1. The lowest BCUT2D eigenvalue weighted by Gasteiger charge is -2.49. The fourth-order valence-corrected chi connectivity index (χ4v) is 6.29. The Hall–Kier alpha value is -2.45. The van der Waals surface area contributed by atoms with Crippen molar-refractivity contribution in [3.05, 3.63) is 23.9 Å². The zero-order chi connectivity index (χ0) is 21.8. The molecule has 5 aliphatic heterocycles. The zero-order valence-electron chi connectivity index (χ0n) is 18.7. The maximum Gasteiger partial charge on any atom is 0.235 e. The molecule has 0 saturated carbocycles. The van der Waals surface area contributed by atoms with Crippen molar-refractivity contribution in [1.29, 1.82) is 0 Å². The fourth-order valence-electron chi connectivity index (χ4n) is 6.29. The molecule has 2 N–H and O–H groups in total. The van der Waals surface area contributed by atoms with E-state index in [1.807, 2.05) is 11.7 Å². The number of carbonyl (C=O) groups is 2. The Bertz CT molecular complexity index is 1040. The van der Waals surface area contributed by atoms with E-state index in [-0.39, 0.29) is 17.7 Å². The molecule has 0 aliphatic carbocycles. The van der Waals surface area contributed by atoms with E-state index in [1.165, 1.54) is 44.6 Å². The van der Waals surface area contributed by atoms with Crippen LogP contribution in [0.2, 0.25) is 0 Å². The SMILES string of the molecule is Cn1nc(C2CCC(=O)NC2=O)c2cccc(N3CCC(CN4CC5CC(C4)N5)CC3)c21. The van der Waals surface area contributed by atoms with E-state index in [0.717, 1.165) is 47.7 Å². The number of fused-ring (bicyclic) bond motifs is 3. The molecule has 2 bridgehead atoms. The molecule has 6 heterocycles. The monoisotopic (exact) mass is 436 g/mol. The number of para-hydroxylation sites is 1. The summed E-state index contributed by atoms with van der Waals surface area (Å²) in [4.78, 5) is 29.2. The van der Waals surface area contributed by atoms with Gasteiger partial charge in [0.25, 0.3) is 0 Å². The van der Waals surface area contributed by atoms with E-state index < -0.39 is 0 Å². The molecule has 3 unspecified atom stereocenters. The molecule has 1 aromatic carbocycles. The van der Waals surface area contributed by atoms with E-state index in [2.05, 4.69) is 38.6 Å². The van der Waals surface area contributed by atoms with Gasteiger partial charge in [0.15, 0.2) is 0 Å². The number of hydrogen-bond acceptors (Lipinski definition) is 6. The van der Waals surface area contributed by atoms with Crippen molar-refractivity contribution in [2.75, 3.05) is 37.6 Å². The molecule has 0 spiro atoms. The van der Waals surface area contributed by atoms with Gasteiger partial charge in [-0.15, -0.1) is 0 Å². The lowest BCUT2D eigenvalue weighted by molar-refractivity contribution is -0.134. The highest BCUT2D eigenvalue weighted by molar-refractivity contribution is 6.03. The number of imide groups is 1. The molecular weight excluding hydrogens is 404 g/mol. The van der Waals surface area contributed by atoms with Gasteiger partial charge >= 0.3 is 0 Å². The first-order valence-corrected chi connectivity index (χ1v) is 12.1. The van der Waals surface area contributed by atoms with Gasteiger partial charge in [-0.2, -0.15) is 5.10 Å². The predicted octanol–water partition coefficient (Wildman–Crippen LogP) is 1.36. The van der Waals surface area contributed by atoms with Crippen LogP contribution >= 0.6 is 0 Å². The summed E-state index contributed by atoms with van der Waals surface area (Å²) in [6.07, 6.45) is 4.70. The second kappa shape index (κ2) is 7.85. The van der Waals surface area contributed by atoms with Crippen LogP contribution in [-0.2, 0) is 16.6 Å². The summed E-state index contributed by atoms with van der Waals surface area (Å²) >= 11 is 0. The normalized spacial score (nSPS) is 29.3. The molecule has 8 nitrogen and oxygen atoms in total. The lowest BCUT2D eigenvalue weighted by Crippen LogP contribution is -2.67. The first-order chi connectivity index (χ1) is 15.5. The van der Waals surface area contributed by atoms with Crippen molar-refractivity contribution in [3.8, 4) is 0 Å². The Morgan fingerprint density at radius 1 is 1.09 bits per heavy atom. The van der Waals surface area contributed by atoms with Crippen LogP contribution in [0.25, 0.3) is 10.9 Å². The van der Waals surface area contributed by atoms with E-state index in [0.29, 0.717) is 12.8 Å². The van der Waals surface area contributed by atoms with Crippen molar-refractivity contribution < 1.29 is 9.59 Å². The molecule has 1 aromatic heterocycles. The topological polar surface area (TPSA) is 82.5 Å². The van der Waals surface area contributed by atoms with Crippen LogP contribution in [0.5, 0.6) is 0 Å². The van der Waals surface area contributed by atoms with E-state index in [1.54, 1.807) is 0 Å². The number of hydrogen-bond donors (Lipinski definition) is 2. The van der Waals surface area contributed by atoms with Gasteiger partial charge in [0, 0.05) is 63.7 Å². The average molecular weight is 437 g/mol. The van der Waals surface area contributed by atoms with Gasteiger partial charge in [-0.25, -0.2) is 0 Å². The standard InChI is InChI=1S/C24H32N6O2/c1-28-23-18(22(27-28)19-5-6-21(31)26-24(19)32)3-2-4-20(23)30-9-7-15(8-10-30)12-29-13-16-11-17(14-29)25-16/h2-4,15-17,19,25H,5-14H2,1H3,(H,26,31,32). The third-order valence-electron chi connectivity index (χ3n) is 7.91. The van der Waals surface area contributed by atoms with Crippen LogP contribution in [0.3, 0.4) is 0 Å². The highest BCUT2D eigenvalue weighted by atomic mass is 16.2. The highest BCUT2D eigenvalue weighted by Crippen LogP contribution is 2.36. The number of nitrogens with zero attached hydrogens (tertiary/aromatic N) is 4. The minimum Gasteiger partial charge on any atom is -0.370 e. The number of carbonyl (C=O) groups excluding carboxylic acids is 2. The maximum atomic E-state index is 12.5. The van der Waals surface area contributed by atoms with Crippen LogP contribution in [0, 0.1) is 5.92 Å². The number of piperidine rings is 3. The van der Waals surface area contributed by atoms with Crippen molar-refractivity contribution in [3.63, 3.8) is 0 Å². The van der Waals surface area contributed by atoms with Gasteiger partial charge in [0.1, 0.15) is 0 Å². The predicted molar refractivity (Wildman–Crippen MR) is 123 cm³/mol. The summed E-state index contributed by atoms with van der Waals surface area (Å²) in [6.45, 7) is 5.78. The number of nitrogens with one attached hydrogen (secondary N) is 2. The maximum absolute atomic E-state index is 12.5. The average Bonchev–Trinajstić information content (AvgIpc) is 3.10. The van der Waals surface area contributed by atoms with Crippen LogP contribution in [0.4, 0.5) is 5.69 Å². The van der Waals surface area contributed by atoms with Crippen LogP contribution < -0.4 is 15.5 Å². The number of aromatic nitrogens is 2. The summed E-state index contributed by atoms with van der Waals surface area (Å²) in [5.41, 5.74) is 3.09. The smallest absolute Gasteiger partial charge is 0.235 e. The molecule has 2 aromatic rings. The Morgan fingerprint density at radius 3 is 2.56 bits per heavy atom. The van der Waals surface area contributed by atoms with Crippen LogP contribution in [0.1, 0.15) is 43.7 Å². The summed E-state index contributed by atoms with van der Waals surface area (Å²) in [7, 11) is 1.96. The first-order valence-electron chi connectivity index (χ1n) is 12.1. The molecular formula is C24H32N6O2. The number of benzene rings is 1. The molecule has 5 aliphatic rings. The highest BCUT2D eigenvalue weighted by Gasteiger charge is 2.37. The Morgan fingerprint density at radius 2 is 1.84 bits per heavy atom. The summed E-state index contributed by atoms with van der Waals surface area (Å²) in [6, 6.07) is 7.79. The minimum absolute atomic E-state index is 0.187. The van der Waals surface area contributed by atoms with E-state index in [4.69, 9.17) is 5.10 Å². The van der Waals surface area contributed by atoms with Gasteiger partial charge < -0.3 is 10.2 Å². The number of piperazine rings is 1. The van der Waals surface area contributed by atoms with Gasteiger partial charge in [0.05, 0.1) is 22.8 Å². The molecule has 0 radical (unpaired) electrons. The Balaban J connectivity index is 1.18. The molecule has 5 saturated heterocycles. The molecule has 2 amide bonds. The van der Waals surface area contributed by atoms with E-state index in [9.17, 15) is 9.59 Å². The molecule has 5 fully saturated rings. The third-order valence-corrected chi connectivity index (χ3v) is 7.91. The molecule has 170 valence electrons. The first kappa shape index (κ1) is 20.2. The second-order valence-corrected chi connectivity index (χ2v) is 10.1.